The van der Waals surface area contributed by atoms with Crippen molar-refractivity contribution in [2.24, 2.45) is 5.14 Å². The number of benzene rings is 1. The Morgan fingerprint density at radius 3 is 2.59 bits per heavy atom. The second-order valence-corrected chi connectivity index (χ2v) is 6.87. The van der Waals surface area contributed by atoms with Gasteiger partial charge in [0.2, 0.25) is 10.0 Å². The Bertz CT molecular complexity index is 629. The third-order valence-electron chi connectivity index (χ3n) is 3.68. The Kier molecular flexibility index (Phi) is 5.33. The molecule has 8 nitrogen and oxygen atoms in total. The molecule has 1 aromatic rings. The van der Waals surface area contributed by atoms with Gasteiger partial charge in [-0.2, -0.15) is 0 Å². The van der Waals surface area contributed by atoms with E-state index in [1.54, 1.807) is 0 Å². The SMILES string of the molecule is NS(=O)(=O)c1cccc(N(CCCN2CCCC2)[N+](=O)[O-])c1. The van der Waals surface area contributed by atoms with E-state index in [2.05, 4.69) is 4.90 Å². The van der Waals surface area contributed by atoms with Crippen molar-refractivity contribution in [3.05, 3.63) is 34.4 Å². The number of likely N-dealkylation sites (tertiary alicyclic amines) is 1. The first kappa shape index (κ1) is 16.7. The summed E-state index contributed by atoms with van der Waals surface area (Å²) in [5.74, 6) is 0. The number of nitrogens with zero attached hydrogens (tertiary/aromatic N) is 3. The molecule has 0 unspecified atom stereocenters. The van der Waals surface area contributed by atoms with Crippen LogP contribution in [-0.2, 0) is 10.0 Å². The summed E-state index contributed by atoms with van der Waals surface area (Å²) >= 11 is 0. The molecule has 9 heteroatoms. The summed E-state index contributed by atoms with van der Waals surface area (Å²) < 4.78 is 22.7. The van der Waals surface area contributed by atoms with E-state index >= 15 is 0 Å². The molecule has 1 heterocycles. The number of sulfonamides is 1. The van der Waals surface area contributed by atoms with Gasteiger partial charge >= 0.3 is 0 Å². The largest absolute Gasteiger partial charge is 0.303 e. The number of anilines is 1. The van der Waals surface area contributed by atoms with Crippen molar-refractivity contribution in [3.63, 3.8) is 0 Å². The summed E-state index contributed by atoms with van der Waals surface area (Å²) in [4.78, 5) is 13.4. The fourth-order valence-corrected chi connectivity index (χ4v) is 3.13. The lowest BCUT2D eigenvalue weighted by molar-refractivity contribution is -0.494. The molecule has 2 rings (SSSR count). The van der Waals surface area contributed by atoms with Gasteiger partial charge in [-0.15, -0.1) is 0 Å². The first-order valence-corrected chi connectivity index (χ1v) is 8.69. The second kappa shape index (κ2) is 7.03. The molecular formula is C13H20N4O4S. The average molecular weight is 328 g/mol. The summed E-state index contributed by atoms with van der Waals surface area (Å²) in [5.41, 5.74) is 0.220. The van der Waals surface area contributed by atoms with Crippen LogP contribution < -0.4 is 10.1 Å². The summed E-state index contributed by atoms with van der Waals surface area (Å²) in [7, 11) is -3.88. The zero-order chi connectivity index (χ0) is 16.2. The molecular weight excluding hydrogens is 308 g/mol. The van der Waals surface area contributed by atoms with Crippen LogP contribution >= 0.6 is 0 Å². The third-order valence-corrected chi connectivity index (χ3v) is 4.60. The predicted molar refractivity (Wildman–Crippen MR) is 82.4 cm³/mol. The van der Waals surface area contributed by atoms with E-state index in [1.165, 1.54) is 37.1 Å². The molecule has 0 aromatic heterocycles. The summed E-state index contributed by atoms with van der Waals surface area (Å²) in [5, 5.41) is 16.7. The zero-order valence-corrected chi connectivity index (χ0v) is 13.0. The van der Waals surface area contributed by atoms with E-state index in [0.29, 0.717) is 6.42 Å². The van der Waals surface area contributed by atoms with Crippen molar-refractivity contribution in [2.45, 2.75) is 24.2 Å². The summed E-state index contributed by atoms with van der Waals surface area (Å²) in [6, 6.07) is 5.51. The maximum atomic E-state index is 11.3. The van der Waals surface area contributed by atoms with Crippen molar-refractivity contribution in [1.29, 1.82) is 0 Å². The Morgan fingerprint density at radius 1 is 1.32 bits per heavy atom. The molecule has 0 aliphatic carbocycles. The molecule has 1 aliphatic heterocycles. The van der Waals surface area contributed by atoms with Crippen molar-refractivity contribution in [1.82, 2.24) is 4.90 Å². The van der Waals surface area contributed by atoms with Crippen molar-refractivity contribution in [2.75, 3.05) is 31.2 Å². The van der Waals surface area contributed by atoms with Gasteiger partial charge in [0.05, 0.1) is 11.4 Å². The molecule has 0 spiro atoms. The normalized spacial score (nSPS) is 15.9. The molecule has 1 aromatic carbocycles. The van der Waals surface area contributed by atoms with E-state index in [1.807, 2.05) is 0 Å². The number of primary sulfonamides is 1. The molecule has 122 valence electrons. The van der Waals surface area contributed by atoms with E-state index in [-0.39, 0.29) is 17.1 Å². The van der Waals surface area contributed by atoms with Gasteiger partial charge in [0.15, 0.2) is 5.03 Å². The number of nitrogens with two attached hydrogens (primary N) is 1. The Hall–Kier alpha value is -1.71. The van der Waals surface area contributed by atoms with Crippen LogP contribution in [0.1, 0.15) is 19.3 Å². The summed E-state index contributed by atoms with van der Waals surface area (Å²) in [6.45, 7) is 3.11. The van der Waals surface area contributed by atoms with Crippen LogP contribution in [0.2, 0.25) is 0 Å². The fourth-order valence-electron chi connectivity index (χ4n) is 2.58. The minimum atomic E-state index is -3.88. The van der Waals surface area contributed by atoms with Crippen molar-refractivity contribution >= 4 is 15.7 Å². The van der Waals surface area contributed by atoms with E-state index in [9.17, 15) is 18.5 Å². The standard InChI is InChI=1S/C13H20N4O4S/c14-22(20,21)13-6-3-5-12(11-13)16(17(18)19)10-4-9-15-7-1-2-8-15/h3,5-6,11H,1-2,4,7-10H2,(H2,14,20,21). The smallest absolute Gasteiger partial charge is 0.238 e. The van der Waals surface area contributed by atoms with Gasteiger partial charge in [-0.3, -0.25) is 0 Å². The highest BCUT2D eigenvalue weighted by atomic mass is 32.2. The number of hydrogen-bond donors (Lipinski definition) is 1. The minimum absolute atomic E-state index is 0.128. The topological polar surface area (TPSA) is 110 Å². The van der Waals surface area contributed by atoms with Crippen LogP contribution in [0.4, 0.5) is 5.69 Å². The molecule has 0 radical (unpaired) electrons. The number of hydrazine groups is 1. The molecule has 0 saturated carbocycles. The molecule has 22 heavy (non-hydrogen) atoms. The van der Waals surface area contributed by atoms with Gasteiger partial charge in [-0.25, -0.2) is 23.7 Å². The number of rotatable bonds is 7. The highest BCUT2D eigenvalue weighted by Gasteiger charge is 2.20. The van der Waals surface area contributed by atoms with Crippen LogP contribution in [0.15, 0.2) is 29.2 Å². The van der Waals surface area contributed by atoms with E-state index < -0.39 is 15.1 Å². The quantitative estimate of drug-likeness (QED) is 0.586. The van der Waals surface area contributed by atoms with E-state index in [0.717, 1.165) is 24.6 Å². The summed E-state index contributed by atoms with van der Waals surface area (Å²) in [6.07, 6.45) is 2.99. The van der Waals surface area contributed by atoms with Gasteiger partial charge in [-0.1, -0.05) is 11.1 Å². The highest BCUT2D eigenvalue weighted by molar-refractivity contribution is 7.89. The van der Waals surface area contributed by atoms with Gasteiger partial charge < -0.3 is 4.90 Å². The second-order valence-electron chi connectivity index (χ2n) is 5.31. The van der Waals surface area contributed by atoms with Gasteiger partial charge in [0, 0.05) is 6.54 Å². The predicted octanol–water partition coefficient (Wildman–Crippen LogP) is 0.818. The molecule has 1 aliphatic rings. The van der Waals surface area contributed by atoms with Crippen LogP contribution in [0.5, 0.6) is 0 Å². The number of hydrogen-bond acceptors (Lipinski definition) is 5. The molecule has 0 amide bonds. The lowest BCUT2D eigenvalue weighted by Gasteiger charge is -2.18. The van der Waals surface area contributed by atoms with Gasteiger partial charge in [0.25, 0.3) is 0 Å². The lowest BCUT2D eigenvalue weighted by Crippen LogP contribution is -2.33. The Morgan fingerprint density at radius 2 is 2.00 bits per heavy atom. The highest BCUT2D eigenvalue weighted by Crippen LogP contribution is 2.19. The Labute approximate surface area is 129 Å². The van der Waals surface area contributed by atoms with Crippen LogP contribution in [0, 0.1) is 10.1 Å². The number of nitro groups is 1. The van der Waals surface area contributed by atoms with Crippen LogP contribution in [0.3, 0.4) is 0 Å². The molecule has 0 bridgehead atoms. The van der Waals surface area contributed by atoms with Crippen LogP contribution in [-0.4, -0.2) is 44.5 Å². The molecule has 2 N–H and O–H groups in total. The maximum Gasteiger partial charge on any atom is 0.238 e. The first-order valence-electron chi connectivity index (χ1n) is 7.15. The van der Waals surface area contributed by atoms with Crippen LogP contribution in [0.25, 0.3) is 0 Å². The minimum Gasteiger partial charge on any atom is -0.303 e. The van der Waals surface area contributed by atoms with Gasteiger partial charge in [0.1, 0.15) is 5.69 Å². The molecule has 1 saturated heterocycles. The Balaban J connectivity index is 2.05. The third kappa shape index (κ3) is 4.39. The molecule has 0 atom stereocenters. The van der Waals surface area contributed by atoms with E-state index in [4.69, 9.17) is 5.14 Å². The fraction of sp³-hybridized carbons (Fsp3) is 0.538. The van der Waals surface area contributed by atoms with Gasteiger partial charge in [-0.05, 0) is 50.6 Å². The monoisotopic (exact) mass is 328 g/mol. The van der Waals surface area contributed by atoms with Crippen molar-refractivity contribution in [3.8, 4) is 0 Å². The lowest BCUT2D eigenvalue weighted by atomic mass is 10.3. The first-order chi connectivity index (χ1) is 10.4. The average Bonchev–Trinajstić information content (AvgIpc) is 2.95. The maximum absolute atomic E-state index is 11.3. The zero-order valence-electron chi connectivity index (χ0n) is 12.2. The molecule has 1 fully saturated rings. The van der Waals surface area contributed by atoms with Crippen molar-refractivity contribution < 1.29 is 13.5 Å².